The van der Waals surface area contributed by atoms with Crippen LogP contribution in [0.15, 0.2) is 48.5 Å². The van der Waals surface area contributed by atoms with E-state index in [4.69, 9.17) is 0 Å². The third kappa shape index (κ3) is 5.39. The molecule has 0 saturated heterocycles. The molecule has 5 heteroatoms. The van der Waals surface area contributed by atoms with Crippen LogP contribution in [-0.4, -0.2) is 17.9 Å². The van der Waals surface area contributed by atoms with E-state index in [1.165, 1.54) is 18.2 Å². The first-order valence-corrected chi connectivity index (χ1v) is 9.06. The Kier molecular flexibility index (Phi) is 6.37. The molecule has 0 aliphatic rings. The van der Waals surface area contributed by atoms with Crippen molar-refractivity contribution in [1.82, 2.24) is 5.32 Å². The Morgan fingerprint density at radius 1 is 0.963 bits per heavy atom. The minimum Gasteiger partial charge on any atom is -0.340 e. The summed E-state index contributed by atoms with van der Waals surface area (Å²) in [6.45, 7) is 10.0. The Balaban J connectivity index is 2.11. The van der Waals surface area contributed by atoms with Gasteiger partial charge in [0.25, 0.3) is 5.91 Å². The van der Waals surface area contributed by atoms with Gasteiger partial charge in [0.1, 0.15) is 11.9 Å². The van der Waals surface area contributed by atoms with Crippen molar-refractivity contribution in [3.8, 4) is 0 Å². The summed E-state index contributed by atoms with van der Waals surface area (Å²) < 4.78 is 13.8. The van der Waals surface area contributed by atoms with Crippen LogP contribution >= 0.6 is 0 Å². The van der Waals surface area contributed by atoms with Crippen LogP contribution in [0.1, 0.15) is 50.5 Å². The highest BCUT2D eigenvalue weighted by Gasteiger charge is 2.26. The number of carbonyl (C=O) groups is 2. The molecule has 2 N–H and O–H groups in total. The molecule has 0 aromatic heterocycles. The Bertz CT molecular complexity index is 808. The first-order chi connectivity index (χ1) is 12.6. The minimum absolute atomic E-state index is 0.0245. The van der Waals surface area contributed by atoms with E-state index in [0.29, 0.717) is 5.69 Å². The van der Waals surface area contributed by atoms with Crippen LogP contribution in [0, 0.1) is 11.7 Å². The lowest BCUT2D eigenvalue weighted by atomic mass is 9.87. The highest BCUT2D eigenvalue weighted by Crippen LogP contribution is 2.23. The molecule has 2 amide bonds. The largest absolute Gasteiger partial charge is 0.340 e. The summed E-state index contributed by atoms with van der Waals surface area (Å²) in [5, 5.41) is 5.46. The zero-order chi connectivity index (χ0) is 20.2. The Morgan fingerprint density at radius 2 is 1.56 bits per heavy atom. The van der Waals surface area contributed by atoms with Gasteiger partial charge in [0.15, 0.2) is 0 Å². The van der Waals surface area contributed by atoms with Crippen molar-refractivity contribution in [2.24, 2.45) is 5.92 Å². The van der Waals surface area contributed by atoms with Crippen LogP contribution in [0.3, 0.4) is 0 Å². The van der Waals surface area contributed by atoms with E-state index in [-0.39, 0.29) is 22.8 Å². The molecular weight excluding hydrogens is 343 g/mol. The zero-order valence-corrected chi connectivity index (χ0v) is 16.5. The highest BCUT2D eigenvalue weighted by molar-refractivity contribution is 6.01. The quantitative estimate of drug-likeness (QED) is 0.813. The lowest BCUT2D eigenvalue weighted by Crippen LogP contribution is -2.47. The van der Waals surface area contributed by atoms with Crippen LogP contribution in [-0.2, 0) is 10.2 Å². The molecule has 2 rings (SSSR count). The molecule has 0 fully saturated rings. The van der Waals surface area contributed by atoms with Crippen molar-refractivity contribution < 1.29 is 14.0 Å². The first-order valence-electron chi connectivity index (χ1n) is 9.06. The number of amides is 2. The van der Waals surface area contributed by atoms with E-state index in [0.717, 1.165) is 5.56 Å². The lowest BCUT2D eigenvalue weighted by Gasteiger charge is -2.23. The SMILES string of the molecule is CC(C)C(NC(=O)c1ccccc1F)C(=O)Nc1ccc(C(C)(C)C)cc1. The fourth-order valence-corrected chi connectivity index (χ4v) is 2.67. The first kappa shape index (κ1) is 20.6. The second kappa shape index (κ2) is 8.33. The molecule has 0 aliphatic heterocycles. The fraction of sp³-hybridized carbons (Fsp3) is 0.364. The molecule has 0 aliphatic carbocycles. The maximum atomic E-state index is 13.8. The van der Waals surface area contributed by atoms with Gasteiger partial charge in [-0.15, -0.1) is 0 Å². The lowest BCUT2D eigenvalue weighted by molar-refractivity contribution is -0.118. The third-order valence-corrected chi connectivity index (χ3v) is 4.37. The van der Waals surface area contributed by atoms with E-state index in [1.54, 1.807) is 6.07 Å². The van der Waals surface area contributed by atoms with Gasteiger partial charge >= 0.3 is 0 Å². The number of benzene rings is 2. The van der Waals surface area contributed by atoms with Gasteiger partial charge in [-0.05, 0) is 41.2 Å². The monoisotopic (exact) mass is 370 g/mol. The molecule has 144 valence electrons. The van der Waals surface area contributed by atoms with Crippen LogP contribution in [0.5, 0.6) is 0 Å². The maximum Gasteiger partial charge on any atom is 0.254 e. The van der Waals surface area contributed by atoms with Crippen LogP contribution in [0.2, 0.25) is 0 Å². The molecule has 0 heterocycles. The van der Waals surface area contributed by atoms with Gasteiger partial charge in [0.2, 0.25) is 5.91 Å². The average Bonchev–Trinajstić information content (AvgIpc) is 2.59. The van der Waals surface area contributed by atoms with E-state index in [1.807, 2.05) is 38.1 Å². The third-order valence-electron chi connectivity index (χ3n) is 4.37. The molecule has 2 aromatic carbocycles. The number of hydrogen-bond acceptors (Lipinski definition) is 2. The van der Waals surface area contributed by atoms with E-state index < -0.39 is 17.8 Å². The van der Waals surface area contributed by atoms with Gasteiger partial charge in [-0.2, -0.15) is 0 Å². The summed E-state index contributed by atoms with van der Waals surface area (Å²) in [6, 6.07) is 12.6. The molecule has 27 heavy (non-hydrogen) atoms. The second-order valence-electron chi connectivity index (χ2n) is 7.99. The van der Waals surface area contributed by atoms with Crippen LogP contribution in [0.4, 0.5) is 10.1 Å². The van der Waals surface area contributed by atoms with Crippen LogP contribution < -0.4 is 10.6 Å². The maximum absolute atomic E-state index is 13.8. The fourth-order valence-electron chi connectivity index (χ4n) is 2.67. The zero-order valence-electron chi connectivity index (χ0n) is 16.5. The minimum atomic E-state index is -0.778. The highest BCUT2D eigenvalue weighted by atomic mass is 19.1. The summed E-state index contributed by atoms with van der Waals surface area (Å²) in [5.41, 5.74) is 1.76. The Morgan fingerprint density at radius 3 is 2.07 bits per heavy atom. The Labute approximate surface area is 160 Å². The topological polar surface area (TPSA) is 58.2 Å². The summed E-state index contributed by atoms with van der Waals surface area (Å²) in [6.07, 6.45) is 0. The Hall–Kier alpha value is -2.69. The summed E-state index contributed by atoms with van der Waals surface area (Å²) >= 11 is 0. The van der Waals surface area contributed by atoms with Gasteiger partial charge in [-0.3, -0.25) is 9.59 Å². The molecular formula is C22H27FN2O2. The van der Waals surface area contributed by atoms with Gasteiger partial charge in [-0.1, -0.05) is 58.9 Å². The molecule has 1 unspecified atom stereocenters. The number of anilines is 1. The van der Waals surface area contributed by atoms with E-state index >= 15 is 0 Å². The molecule has 2 aromatic rings. The number of hydrogen-bond donors (Lipinski definition) is 2. The van der Waals surface area contributed by atoms with Gasteiger partial charge in [0, 0.05) is 5.69 Å². The van der Waals surface area contributed by atoms with Crippen molar-refractivity contribution in [3.05, 3.63) is 65.5 Å². The predicted molar refractivity (Wildman–Crippen MR) is 106 cm³/mol. The number of carbonyl (C=O) groups excluding carboxylic acids is 2. The van der Waals surface area contributed by atoms with Gasteiger partial charge < -0.3 is 10.6 Å². The van der Waals surface area contributed by atoms with Crippen molar-refractivity contribution in [3.63, 3.8) is 0 Å². The molecule has 0 bridgehead atoms. The van der Waals surface area contributed by atoms with Crippen molar-refractivity contribution >= 4 is 17.5 Å². The summed E-state index contributed by atoms with van der Waals surface area (Å²) in [4.78, 5) is 25.0. The smallest absolute Gasteiger partial charge is 0.254 e. The molecule has 4 nitrogen and oxygen atoms in total. The molecule has 0 spiro atoms. The average molecular weight is 370 g/mol. The van der Waals surface area contributed by atoms with Gasteiger partial charge in [0.05, 0.1) is 5.56 Å². The second-order valence-corrected chi connectivity index (χ2v) is 7.99. The van der Waals surface area contributed by atoms with Crippen LogP contribution in [0.25, 0.3) is 0 Å². The number of nitrogens with one attached hydrogen (secondary N) is 2. The molecule has 0 radical (unpaired) electrons. The molecule has 1 atom stereocenters. The normalized spacial score (nSPS) is 12.6. The standard InChI is InChI=1S/C22H27FN2O2/c1-14(2)19(25-20(26)17-8-6-7-9-18(17)23)21(27)24-16-12-10-15(11-13-16)22(3,4)5/h6-14,19H,1-5H3,(H,24,27)(H,25,26). The molecule has 0 saturated carbocycles. The van der Waals surface area contributed by atoms with Gasteiger partial charge in [-0.25, -0.2) is 4.39 Å². The number of rotatable bonds is 5. The summed E-state index contributed by atoms with van der Waals surface area (Å²) in [5.74, 6) is -1.71. The van der Waals surface area contributed by atoms with E-state index in [9.17, 15) is 14.0 Å². The number of halogens is 1. The van der Waals surface area contributed by atoms with Crippen molar-refractivity contribution in [1.29, 1.82) is 0 Å². The predicted octanol–water partition coefficient (Wildman–Crippen LogP) is 4.52. The van der Waals surface area contributed by atoms with Crippen molar-refractivity contribution in [2.45, 2.75) is 46.1 Å². The van der Waals surface area contributed by atoms with Crippen molar-refractivity contribution in [2.75, 3.05) is 5.32 Å². The van der Waals surface area contributed by atoms with E-state index in [2.05, 4.69) is 31.4 Å². The summed E-state index contributed by atoms with van der Waals surface area (Å²) in [7, 11) is 0.